The molecule has 2 unspecified atom stereocenters. The van der Waals surface area contributed by atoms with Gasteiger partial charge in [0, 0.05) is 23.0 Å². The molecule has 11 heteroatoms. The summed E-state index contributed by atoms with van der Waals surface area (Å²) < 4.78 is 6.09. The van der Waals surface area contributed by atoms with Gasteiger partial charge in [-0.3, -0.25) is 4.99 Å². The number of amidine groups is 1. The molecule has 10 nitrogen and oxygen atoms in total. The topological polar surface area (TPSA) is 171 Å². The quantitative estimate of drug-likeness (QED) is 0.244. The van der Waals surface area contributed by atoms with Crippen LogP contribution >= 0.6 is 11.3 Å². The molecule has 2 aromatic rings. The van der Waals surface area contributed by atoms with Crippen LogP contribution in [0.25, 0.3) is 0 Å². The smallest absolute Gasteiger partial charge is 0.354 e. The second kappa shape index (κ2) is 8.20. The highest BCUT2D eigenvalue weighted by Gasteiger charge is 2.65. The van der Waals surface area contributed by atoms with Crippen molar-refractivity contribution in [3.8, 4) is 5.75 Å². The monoisotopic (exact) mass is 498 g/mol. The first-order valence-electron chi connectivity index (χ1n) is 11.6. The minimum atomic E-state index is -1.69. The predicted octanol–water partition coefficient (Wildman–Crippen LogP) is 2.29. The highest BCUT2D eigenvalue weighted by molar-refractivity contribution is 7.13. The molecule has 6 rings (SSSR count). The number of fused-ring (bicyclic) bond motifs is 1. The van der Waals surface area contributed by atoms with Crippen molar-refractivity contribution in [2.75, 3.05) is 12.3 Å². The highest BCUT2D eigenvalue weighted by atomic mass is 32.1. The van der Waals surface area contributed by atoms with Gasteiger partial charge in [-0.1, -0.05) is 5.16 Å². The van der Waals surface area contributed by atoms with Crippen LogP contribution in [0.3, 0.4) is 0 Å². The van der Waals surface area contributed by atoms with Gasteiger partial charge in [0.05, 0.1) is 0 Å². The number of carbonyl (C=O) groups is 1. The lowest BCUT2D eigenvalue weighted by Crippen LogP contribution is -2.73. The van der Waals surface area contributed by atoms with Crippen molar-refractivity contribution < 1.29 is 19.5 Å². The molecule has 3 saturated carbocycles. The van der Waals surface area contributed by atoms with Gasteiger partial charge in [-0.15, -0.1) is 11.3 Å². The van der Waals surface area contributed by atoms with Crippen LogP contribution < -0.4 is 21.9 Å². The van der Waals surface area contributed by atoms with Crippen LogP contribution in [0.5, 0.6) is 5.75 Å². The maximum absolute atomic E-state index is 12.2. The number of nitrogens with zero attached hydrogens (tertiary/aromatic N) is 3. The summed E-state index contributed by atoms with van der Waals surface area (Å²) in [5.41, 5.74) is 19.4. The van der Waals surface area contributed by atoms with Crippen molar-refractivity contribution in [3.63, 3.8) is 0 Å². The number of aliphatic imine (C=N–C) groups is 1. The molecule has 0 radical (unpaired) electrons. The largest absolute Gasteiger partial charge is 0.485 e. The number of oxime groups is 1. The van der Waals surface area contributed by atoms with Crippen molar-refractivity contribution in [2.24, 2.45) is 27.0 Å². The van der Waals surface area contributed by atoms with E-state index in [1.165, 1.54) is 18.3 Å². The minimum Gasteiger partial charge on any atom is -0.485 e. The summed E-state index contributed by atoms with van der Waals surface area (Å²) in [6.45, 7) is 3.85. The number of hydrogen-bond acceptors (Lipinski definition) is 9. The Kier molecular flexibility index (Phi) is 5.52. The van der Waals surface area contributed by atoms with Crippen LogP contribution in [-0.4, -0.2) is 51.4 Å². The number of rotatable bonds is 8. The zero-order chi connectivity index (χ0) is 25.0. The molecule has 0 saturated heterocycles. The van der Waals surface area contributed by atoms with Crippen molar-refractivity contribution in [1.82, 2.24) is 4.98 Å². The summed E-state index contributed by atoms with van der Waals surface area (Å²) in [5, 5.41) is 16.1. The number of aliphatic carboxylic acids is 1. The van der Waals surface area contributed by atoms with Gasteiger partial charge in [-0.05, 0) is 75.1 Å². The Hall–Kier alpha value is -3.18. The first kappa shape index (κ1) is 23.6. The number of aryl methyl sites for hydroxylation is 1. The van der Waals surface area contributed by atoms with Crippen LogP contribution in [0.1, 0.15) is 56.4 Å². The molecule has 1 aromatic carbocycles. The number of aromatic nitrogens is 1. The number of hydrogen-bond donors (Lipinski definition) is 4. The van der Waals surface area contributed by atoms with Gasteiger partial charge in [0.2, 0.25) is 0 Å². The average Bonchev–Trinajstić information content (AvgIpc) is 3.24. The van der Waals surface area contributed by atoms with Gasteiger partial charge >= 0.3 is 5.97 Å². The Labute approximate surface area is 207 Å². The molecule has 0 spiro atoms. The lowest BCUT2D eigenvalue weighted by molar-refractivity contribution is -0.178. The summed E-state index contributed by atoms with van der Waals surface area (Å²) in [4.78, 5) is 26.5. The number of carboxylic acid groups (broad SMARTS) is 1. The number of nitrogens with two attached hydrogens (primary N) is 3. The second-order valence-corrected chi connectivity index (χ2v) is 11.2. The van der Waals surface area contributed by atoms with E-state index in [0.29, 0.717) is 47.5 Å². The predicted molar refractivity (Wildman–Crippen MR) is 134 cm³/mol. The van der Waals surface area contributed by atoms with E-state index in [4.69, 9.17) is 26.8 Å². The zero-order valence-corrected chi connectivity index (χ0v) is 20.6. The van der Waals surface area contributed by atoms with E-state index in [0.717, 1.165) is 30.4 Å². The Morgan fingerprint density at radius 1 is 1.40 bits per heavy atom. The minimum absolute atomic E-state index is 0.0525. The van der Waals surface area contributed by atoms with E-state index >= 15 is 0 Å². The third-order valence-corrected chi connectivity index (χ3v) is 8.05. The highest BCUT2D eigenvalue weighted by Crippen LogP contribution is 2.65. The fourth-order valence-corrected chi connectivity index (χ4v) is 6.04. The molecule has 3 aliphatic carbocycles. The summed E-state index contributed by atoms with van der Waals surface area (Å²) in [5.74, 6) is -0.0654. The SMILES string of the molecule is C/C(=N\OC(C)(C(=O)O)C1CCc2cc(C(N)=NCC34CC(N)(C3)C4)ccc2O1)c1csc(N)n1. The van der Waals surface area contributed by atoms with Gasteiger partial charge in [0.15, 0.2) is 11.2 Å². The average molecular weight is 499 g/mol. The summed E-state index contributed by atoms with van der Waals surface area (Å²) in [6.07, 6.45) is 3.40. The van der Waals surface area contributed by atoms with Gasteiger partial charge in [0.1, 0.15) is 23.0 Å². The summed E-state index contributed by atoms with van der Waals surface area (Å²) >= 11 is 1.27. The molecule has 35 heavy (non-hydrogen) atoms. The normalized spacial score (nSPS) is 29.2. The molecule has 3 fully saturated rings. The molecule has 4 aliphatic rings. The maximum Gasteiger partial charge on any atom is 0.354 e. The molecule has 7 N–H and O–H groups in total. The standard InChI is InChI=1S/C24H30N6O4S/c1-13(16-8-35-21(26)29-16)30-34-22(2,20(31)32)18-6-4-14-7-15(3-5-17(14)33-18)19(25)28-12-23-9-24(27,10-23)11-23/h3,5,7-8,18H,4,6,9-12,27H2,1-2H3,(H2,25,28)(H2,26,29)(H,31,32)/b30-13+. The lowest BCUT2D eigenvalue weighted by Gasteiger charge is -2.68. The molecule has 2 heterocycles. The third kappa shape index (κ3) is 4.23. The lowest BCUT2D eigenvalue weighted by atomic mass is 9.40. The Balaban J connectivity index is 1.28. The van der Waals surface area contributed by atoms with E-state index in [2.05, 4.69) is 15.1 Å². The maximum atomic E-state index is 12.2. The summed E-state index contributed by atoms with van der Waals surface area (Å²) in [7, 11) is 0. The van der Waals surface area contributed by atoms with Crippen LogP contribution in [-0.2, 0) is 16.1 Å². The van der Waals surface area contributed by atoms with Crippen molar-refractivity contribution >= 4 is 34.0 Å². The molecule has 2 bridgehead atoms. The number of benzene rings is 1. The molecule has 186 valence electrons. The number of anilines is 1. The van der Waals surface area contributed by atoms with Crippen LogP contribution in [0.4, 0.5) is 5.13 Å². The van der Waals surface area contributed by atoms with E-state index in [1.54, 1.807) is 12.3 Å². The molecule has 0 amide bonds. The molecule has 2 atom stereocenters. The fourth-order valence-electron chi connectivity index (χ4n) is 5.43. The first-order valence-corrected chi connectivity index (χ1v) is 12.5. The Bertz CT molecular complexity index is 1220. The number of thiazole rings is 1. The molecular formula is C24H30N6O4S. The Morgan fingerprint density at radius 2 is 2.14 bits per heavy atom. The Morgan fingerprint density at radius 3 is 2.77 bits per heavy atom. The van der Waals surface area contributed by atoms with Gasteiger partial charge in [0.25, 0.3) is 5.60 Å². The van der Waals surface area contributed by atoms with Gasteiger partial charge < -0.3 is 31.9 Å². The second-order valence-electron chi connectivity index (χ2n) is 10.3. The number of carboxylic acids is 1. The van der Waals surface area contributed by atoms with E-state index in [1.807, 2.05) is 18.2 Å². The van der Waals surface area contributed by atoms with E-state index < -0.39 is 17.7 Å². The summed E-state index contributed by atoms with van der Waals surface area (Å²) in [6, 6.07) is 5.62. The van der Waals surface area contributed by atoms with Gasteiger partial charge in [-0.25, -0.2) is 9.78 Å². The third-order valence-electron chi connectivity index (χ3n) is 7.37. The van der Waals surface area contributed by atoms with Crippen LogP contribution in [0, 0.1) is 5.41 Å². The zero-order valence-electron chi connectivity index (χ0n) is 19.8. The number of nitrogen functional groups attached to an aromatic ring is 1. The molecular weight excluding hydrogens is 468 g/mol. The number of ether oxygens (including phenoxy) is 1. The van der Waals surface area contributed by atoms with E-state index in [-0.39, 0.29) is 11.0 Å². The van der Waals surface area contributed by atoms with Crippen LogP contribution in [0.15, 0.2) is 33.7 Å². The fraction of sp³-hybridized carbons (Fsp3) is 0.500. The van der Waals surface area contributed by atoms with Gasteiger partial charge in [-0.2, -0.15) is 0 Å². The molecule has 1 aromatic heterocycles. The van der Waals surface area contributed by atoms with Crippen molar-refractivity contribution in [2.45, 2.75) is 63.2 Å². The van der Waals surface area contributed by atoms with E-state index in [9.17, 15) is 9.90 Å². The first-order chi connectivity index (χ1) is 16.5. The molecule has 1 aliphatic heterocycles. The van der Waals surface area contributed by atoms with Crippen molar-refractivity contribution in [3.05, 3.63) is 40.4 Å². The van der Waals surface area contributed by atoms with Crippen LogP contribution in [0.2, 0.25) is 0 Å². The van der Waals surface area contributed by atoms with Crippen molar-refractivity contribution in [1.29, 1.82) is 0 Å².